The van der Waals surface area contributed by atoms with Crippen molar-refractivity contribution >= 4 is 21.6 Å². The second-order valence-corrected chi connectivity index (χ2v) is 3.74. The van der Waals surface area contributed by atoms with Crippen molar-refractivity contribution in [3.63, 3.8) is 0 Å². The molecule has 0 unspecified atom stereocenters. The third kappa shape index (κ3) is 2.30. The second-order valence-electron chi connectivity index (χ2n) is 2.72. The van der Waals surface area contributed by atoms with Crippen LogP contribution in [0.25, 0.3) is 10.2 Å². The monoisotopic (exact) mass is 235 g/mol. The van der Waals surface area contributed by atoms with E-state index in [0.717, 1.165) is 17.4 Å². The molecule has 0 atom stereocenters. The van der Waals surface area contributed by atoms with Gasteiger partial charge in [0.15, 0.2) is 0 Å². The van der Waals surface area contributed by atoms with E-state index in [1.165, 1.54) is 12.1 Å². The lowest BCUT2D eigenvalue weighted by Crippen LogP contribution is -2.16. The standard InChI is InChI=1S/C8H4F3NO2S/c9-8(10,11)14-4-1-2-5-6(3-4)15-7(13)12-5/h1-3H,(H,12,13). The van der Waals surface area contributed by atoms with Crippen LogP contribution in [0.1, 0.15) is 0 Å². The van der Waals surface area contributed by atoms with Crippen LogP contribution >= 0.6 is 11.3 Å². The first-order valence-electron chi connectivity index (χ1n) is 3.83. The lowest BCUT2D eigenvalue weighted by Gasteiger charge is -2.07. The Labute approximate surface area is 85.1 Å². The Hall–Kier alpha value is -1.50. The normalized spacial score (nSPS) is 11.9. The molecule has 0 aliphatic heterocycles. The molecule has 1 N–H and O–H groups in total. The van der Waals surface area contributed by atoms with E-state index in [1.807, 2.05) is 0 Å². The lowest BCUT2D eigenvalue weighted by molar-refractivity contribution is -0.274. The second kappa shape index (κ2) is 3.27. The number of nitrogens with one attached hydrogen (secondary N) is 1. The minimum Gasteiger partial charge on any atom is -0.406 e. The fraction of sp³-hybridized carbons (Fsp3) is 0.125. The Morgan fingerprint density at radius 1 is 1.33 bits per heavy atom. The largest absolute Gasteiger partial charge is 0.573 e. The Kier molecular flexibility index (Phi) is 2.18. The summed E-state index contributed by atoms with van der Waals surface area (Å²) in [5.41, 5.74) is 0.500. The third-order valence-electron chi connectivity index (χ3n) is 1.63. The van der Waals surface area contributed by atoms with Crippen LogP contribution in [0.4, 0.5) is 13.2 Å². The van der Waals surface area contributed by atoms with Gasteiger partial charge < -0.3 is 9.72 Å². The Bertz CT molecular complexity index is 543. The first-order chi connectivity index (χ1) is 6.94. The molecule has 2 rings (SSSR count). The predicted octanol–water partition coefficient (Wildman–Crippen LogP) is 2.49. The summed E-state index contributed by atoms with van der Waals surface area (Å²) < 4.78 is 39.7. The van der Waals surface area contributed by atoms with E-state index in [-0.39, 0.29) is 10.6 Å². The zero-order valence-electron chi connectivity index (χ0n) is 7.09. The highest BCUT2D eigenvalue weighted by atomic mass is 32.1. The average Bonchev–Trinajstić information content (AvgIpc) is 2.40. The van der Waals surface area contributed by atoms with Gasteiger partial charge in [-0.25, -0.2) is 0 Å². The van der Waals surface area contributed by atoms with Gasteiger partial charge >= 0.3 is 11.2 Å². The molecule has 0 radical (unpaired) electrons. The van der Waals surface area contributed by atoms with Crippen LogP contribution in [-0.4, -0.2) is 11.3 Å². The number of fused-ring (bicyclic) bond motifs is 1. The van der Waals surface area contributed by atoms with E-state index < -0.39 is 6.36 Å². The van der Waals surface area contributed by atoms with E-state index in [4.69, 9.17) is 0 Å². The number of aromatic amines is 1. The molecular formula is C8H4F3NO2S. The fourth-order valence-electron chi connectivity index (χ4n) is 1.12. The summed E-state index contributed by atoms with van der Waals surface area (Å²) in [4.78, 5) is 13.0. The molecule has 2 aromatic rings. The highest BCUT2D eigenvalue weighted by molar-refractivity contribution is 7.16. The molecule has 3 nitrogen and oxygen atoms in total. The number of aromatic nitrogens is 1. The number of rotatable bonds is 1. The third-order valence-corrected chi connectivity index (χ3v) is 2.47. The SMILES string of the molecule is O=c1[nH]c2ccc(OC(F)(F)F)cc2s1. The molecule has 0 aliphatic rings. The highest BCUT2D eigenvalue weighted by Crippen LogP contribution is 2.26. The molecule has 0 aliphatic carbocycles. The summed E-state index contributed by atoms with van der Waals surface area (Å²) in [7, 11) is 0. The molecule has 0 spiro atoms. The molecule has 15 heavy (non-hydrogen) atoms. The van der Waals surface area contributed by atoms with E-state index >= 15 is 0 Å². The molecular weight excluding hydrogens is 231 g/mol. The van der Waals surface area contributed by atoms with Crippen molar-refractivity contribution in [2.24, 2.45) is 0 Å². The summed E-state index contributed by atoms with van der Waals surface area (Å²) in [6, 6.07) is 3.69. The van der Waals surface area contributed by atoms with Crippen molar-refractivity contribution in [1.82, 2.24) is 4.98 Å². The van der Waals surface area contributed by atoms with E-state index in [0.29, 0.717) is 10.2 Å². The molecule has 0 amide bonds. The van der Waals surface area contributed by atoms with Crippen LogP contribution in [-0.2, 0) is 0 Å². The number of hydrogen-bond acceptors (Lipinski definition) is 3. The minimum atomic E-state index is -4.71. The number of hydrogen-bond donors (Lipinski definition) is 1. The zero-order chi connectivity index (χ0) is 11.1. The topological polar surface area (TPSA) is 42.1 Å². The summed E-state index contributed by atoms with van der Waals surface area (Å²) in [5.74, 6) is -0.328. The number of thiazole rings is 1. The van der Waals surface area contributed by atoms with Crippen LogP contribution in [0, 0.1) is 0 Å². The highest BCUT2D eigenvalue weighted by Gasteiger charge is 2.31. The minimum absolute atomic E-state index is 0.311. The summed E-state index contributed by atoms with van der Waals surface area (Å²) >= 11 is 0.834. The summed E-state index contributed by atoms with van der Waals surface area (Å²) in [6.07, 6.45) is -4.71. The molecule has 0 bridgehead atoms. The van der Waals surface area contributed by atoms with Crippen molar-refractivity contribution in [1.29, 1.82) is 0 Å². The predicted molar refractivity (Wildman–Crippen MR) is 49.1 cm³/mol. The smallest absolute Gasteiger partial charge is 0.406 e. The van der Waals surface area contributed by atoms with Crippen LogP contribution in [0.15, 0.2) is 23.0 Å². The molecule has 1 heterocycles. The molecule has 0 saturated heterocycles. The number of benzene rings is 1. The lowest BCUT2D eigenvalue weighted by atomic mass is 10.3. The van der Waals surface area contributed by atoms with Crippen molar-refractivity contribution < 1.29 is 17.9 Å². The van der Waals surface area contributed by atoms with Crippen LogP contribution < -0.4 is 9.61 Å². The van der Waals surface area contributed by atoms with E-state index in [9.17, 15) is 18.0 Å². The number of ether oxygens (including phenoxy) is 1. The van der Waals surface area contributed by atoms with Gasteiger partial charge in [-0.3, -0.25) is 4.79 Å². The summed E-state index contributed by atoms with van der Waals surface area (Å²) in [6.45, 7) is 0. The first kappa shape index (κ1) is 10.0. The first-order valence-corrected chi connectivity index (χ1v) is 4.64. The van der Waals surface area contributed by atoms with Gasteiger partial charge in [-0.2, -0.15) is 0 Å². The van der Waals surface area contributed by atoms with Gasteiger partial charge in [-0.1, -0.05) is 11.3 Å². The number of halogens is 3. The van der Waals surface area contributed by atoms with Gasteiger partial charge in [-0.15, -0.1) is 13.2 Å². The van der Waals surface area contributed by atoms with Gasteiger partial charge in [0.05, 0.1) is 10.2 Å². The Morgan fingerprint density at radius 2 is 2.07 bits per heavy atom. The van der Waals surface area contributed by atoms with Gasteiger partial charge in [0.1, 0.15) is 5.75 Å². The maximum atomic E-state index is 11.9. The number of alkyl halides is 3. The molecule has 80 valence electrons. The molecule has 1 aromatic carbocycles. The van der Waals surface area contributed by atoms with Crippen molar-refractivity contribution in [3.05, 3.63) is 27.9 Å². The van der Waals surface area contributed by atoms with Gasteiger partial charge in [-0.05, 0) is 12.1 Å². The van der Waals surface area contributed by atoms with Gasteiger partial charge in [0.2, 0.25) is 0 Å². The Morgan fingerprint density at radius 3 is 2.73 bits per heavy atom. The number of H-pyrrole nitrogens is 1. The molecule has 1 aromatic heterocycles. The van der Waals surface area contributed by atoms with Crippen molar-refractivity contribution in [2.45, 2.75) is 6.36 Å². The molecule has 7 heteroatoms. The summed E-state index contributed by atoms with van der Waals surface area (Å²) in [5, 5.41) is 0. The van der Waals surface area contributed by atoms with E-state index in [1.54, 1.807) is 0 Å². The van der Waals surface area contributed by atoms with Gasteiger partial charge in [0, 0.05) is 6.07 Å². The fourth-order valence-corrected chi connectivity index (χ4v) is 1.89. The maximum Gasteiger partial charge on any atom is 0.573 e. The average molecular weight is 235 g/mol. The van der Waals surface area contributed by atoms with Crippen LogP contribution in [0.5, 0.6) is 5.75 Å². The quantitative estimate of drug-likeness (QED) is 0.825. The van der Waals surface area contributed by atoms with Gasteiger partial charge in [0.25, 0.3) is 0 Å². The van der Waals surface area contributed by atoms with Crippen LogP contribution in [0.3, 0.4) is 0 Å². The Balaban J connectivity index is 2.42. The van der Waals surface area contributed by atoms with Crippen molar-refractivity contribution in [2.75, 3.05) is 0 Å². The van der Waals surface area contributed by atoms with Crippen molar-refractivity contribution in [3.8, 4) is 5.75 Å². The zero-order valence-corrected chi connectivity index (χ0v) is 7.91. The van der Waals surface area contributed by atoms with E-state index in [2.05, 4.69) is 9.72 Å². The molecule has 0 saturated carbocycles. The molecule has 0 fully saturated rings. The van der Waals surface area contributed by atoms with Crippen LogP contribution in [0.2, 0.25) is 0 Å². The maximum absolute atomic E-state index is 11.9.